The van der Waals surface area contributed by atoms with E-state index in [2.05, 4.69) is 28.5 Å². The number of aryl methyl sites for hydroxylation is 1. The summed E-state index contributed by atoms with van der Waals surface area (Å²) in [5.41, 5.74) is 3.21. The number of ether oxygens (including phenoxy) is 3. The molecule has 3 atom stereocenters. The number of rotatable bonds is 6. The lowest BCUT2D eigenvalue weighted by molar-refractivity contribution is 0.357. The summed E-state index contributed by atoms with van der Waals surface area (Å²) >= 11 is 0. The molecule has 1 unspecified atom stereocenters. The number of hydrogen-bond donors (Lipinski definition) is 1. The Balaban J connectivity index is 1.41. The summed E-state index contributed by atoms with van der Waals surface area (Å²) < 4.78 is 18.1. The molecule has 0 saturated carbocycles. The number of hydrogen-bond acceptors (Lipinski definition) is 6. The minimum atomic E-state index is -0.0591. The van der Waals surface area contributed by atoms with Crippen molar-refractivity contribution < 1.29 is 14.2 Å². The summed E-state index contributed by atoms with van der Waals surface area (Å²) in [4.78, 5) is 17.7. The number of methoxy groups -OCH3 is 3. The lowest BCUT2D eigenvalue weighted by Crippen LogP contribution is -2.31. The average Bonchev–Trinajstić information content (AvgIpc) is 3.26. The van der Waals surface area contributed by atoms with E-state index in [4.69, 9.17) is 14.2 Å². The molecule has 0 amide bonds. The lowest BCUT2D eigenvalue weighted by atomic mass is 9.73. The molecule has 1 saturated heterocycles. The van der Waals surface area contributed by atoms with Gasteiger partial charge in [0.15, 0.2) is 11.5 Å². The molecule has 1 aliphatic heterocycles. The minimum Gasteiger partial charge on any atom is -0.496 e. The first-order valence-corrected chi connectivity index (χ1v) is 11.2. The monoisotopic (exact) mass is 435 g/mol. The van der Waals surface area contributed by atoms with Crippen LogP contribution >= 0.6 is 0 Å². The second-order valence-corrected chi connectivity index (χ2v) is 8.60. The van der Waals surface area contributed by atoms with E-state index in [-0.39, 0.29) is 5.56 Å². The zero-order valence-electron chi connectivity index (χ0n) is 18.8. The van der Waals surface area contributed by atoms with Gasteiger partial charge in [-0.05, 0) is 61.1 Å². The van der Waals surface area contributed by atoms with Gasteiger partial charge in [-0.15, -0.1) is 0 Å². The van der Waals surface area contributed by atoms with Gasteiger partial charge in [0.1, 0.15) is 11.3 Å². The van der Waals surface area contributed by atoms with Gasteiger partial charge < -0.3 is 19.5 Å². The van der Waals surface area contributed by atoms with Crippen molar-refractivity contribution in [1.82, 2.24) is 14.9 Å². The van der Waals surface area contributed by atoms with Gasteiger partial charge in [0.25, 0.3) is 5.56 Å². The Morgan fingerprint density at radius 3 is 2.72 bits per heavy atom. The van der Waals surface area contributed by atoms with E-state index in [0.29, 0.717) is 46.8 Å². The molecule has 0 spiro atoms. The molecule has 5 rings (SSSR count). The van der Waals surface area contributed by atoms with Crippen LogP contribution in [0.4, 0.5) is 0 Å². The molecule has 168 valence electrons. The maximum Gasteiger partial charge on any atom is 0.261 e. The molecule has 2 aliphatic rings. The van der Waals surface area contributed by atoms with Gasteiger partial charge in [-0.1, -0.05) is 12.1 Å². The van der Waals surface area contributed by atoms with Crippen molar-refractivity contribution in [2.75, 3.05) is 27.9 Å². The molecule has 1 N–H and O–H groups in total. The summed E-state index contributed by atoms with van der Waals surface area (Å²) in [6.45, 7) is 1.63. The third kappa shape index (κ3) is 3.32. The van der Waals surface area contributed by atoms with Crippen LogP contribution in [-0.2, 0) is 13.0 Å². The molecule has 7 nitrogen and oxygen atoms in total. The predicted molar refractivity (Wildman–Crippen MR) is 123 cm³/mol. The van der Waals surface area contributed by atoms with Gasteiger partial charge in [-0.25, -0.2) is 4.98 Å². The summed E-state index contributed by atoms with van der Waals surface area (Å²) in [6.07, 6.45) is 4.71. The second kappa shape index (κ2) is 8.47. The molecule has 3 aromatic rings. The third-order valence-corrected chi connectivity index (χ3v) is 7.11. The van der Waals surface area contributed by atoms with Crippen molar-refractivity contribution >= 4 is 10.9 Å². The summed E-state index contributed by atoms with van der Waals surface area (Å²) in [7, 11) is 4.88. The maximum atomic E-state index is 13.2. The normalized spacial score (nSPS) is 21.8. The van der Waals surface area contributed by atoms with Crippen LogP contribution in [0.25, 0.3) is 10.9 Å². The minimum absolute atomic E-state index is 0.0591. The van der Waals surface area contributed by atoms with Gasteiger partial charge in [0.2, 0.25) is 0 Å². The van der Waals surface area contributed by atoms with Crippen LogP contribution in [0.1, 0.15) is 29.9 Å². The standard InChI is InChI=1S/C25H29N3O4/c1-30-20-6-4-5-17-16(20)8-7-15-13-26-19(22(15)17)11-12-28-14-27-23-18(25(28)29)9-10-21(31-2)24(23)32-3/h4-6,9-10,14-15,19,22,26H,7-8,11-13H2,1-3H3/t15-,19?,22+/m0/s1. The van der Waals surface area contributed by atoms with Crippen molar-refractivity contribution in [1.29, 1.82) is 0 Å². The Labute approximate surface area is 187 Å². The highest BCUT2D eigenvalue weighted by atomic mass is 16.5. The Kier molecular flexibility index (Phi) is 5.51. The van der Waals surface area contributed by atoms with E-state index in [1.54, 1.807) is 44.4 Å². The van der Waals surface area contributed by atoms with Crippen molar-refractivity contribution in [2.45, 2.75) is 37.8 Å². The second-order valence-electron chi connectivity index (χ2n) is 8.60. The number of benzene rings is 2. The Morgan fingerprint density at radius 2 is 1.94 bits per heavy atom. The van der Waals surface area contributed by atoms with Crippen molar-refractivity contribution in [3.63, 3.8) is 0 Å². The van der Waals surface area contributed by atoms with Crippen LogP contribution in [0.2, 0.25) is 0 Å². The Morgan fingerprint density at radius 1 is 1.09 bits per heavy atom. The summed E-state index contributed by atoms with van der Waals surface area (Å²) in [6, 6.07) is 10.2. The molecular formula is C25H29N3O4. The molecule has 1 fully saturated rings. The largest absolute Gasteiger partial charge is 0.496 e. The van der Waals surface area contributed by atoms with Crippen LogP contribution in [-0.4, -0.2) is 43.5 Å². The van der Waals surface area contributed by atoms with Gasteiger partial charge >= 0.3 is 0 Å². The number of aromatic nitrogens is 2. The lowest BCUT2D eigenvalue weighted by Gasteiger charge is -2.32. The topological polar surface area (TPSA) is 74.6 Å². The molecular weight excluding hydrogens is 406 g/mol. The first kappa shape index (κ1) is 20.8. The van der Waals surface area contributed by atoms with Gasteiger partial charge in [0, 0.05) is 18.5 Å². The van der Waals surface area contributed by atoms with E-state index < -0.39 is 0 Å². The molecule has 0 radical (unpaired) electrons. The molecule has 0 bridgehead atoms. The van der Waals surface area contributed by atoms with Crippen molar-refractivity contribution in [3.8, 4) is 17.2 Å². The SMILES string of the molecule is COc1cccc2c1CC[C@H]1CNC(CCn3cnc4c(OC)c(OC)ccc4c3=O)[C@@H]21. The third-order valence-electron chi connectivity index (χ3n) is 7.11. The van der Waals surface area contributed by atoms with E-state index in [1.807, 2.05) is 0 Å². The van der Waals surface area contributed by atoms with Gasteiger partial charge in [0.05, 0.1) is 33.0 Å². The highest BCUT2D eigenvalue weighted by Gasteiger charge is 2.40. The first-order valence-electron chi connectivity index (χ1n) is 11.2. The molecule has 32 heavy (non-hydrogen) atoms. The highest BCUT2D eigenvalue weighted by Crippen LogP contribution is 2.45. The van der Waals surface area contributed by atoms with Crippen LogP contribution in [0, 0.1) is 5.92 Å². The predicted octanol–water partition coefficient (Wildman–Crippen LogP) is 3.13. The van der Waals surface area contributed by atoms with E-state index in [1.165, 1.54) is 17.5 Å². The number of nitrogens with one attached hydrogen (secondary N) is 1. The smallest absolute Gasteiger partial charge is 0.261 e. The number of nitrogens with zero attached hydrogens (tertiary/aromatic N) is 2. The van der Waals surface area contributed by atoms with Crippen molar-refractivity contribution in [3.05, 3.63) is 58.1 Å². The first-order chi connectivity index (χ1) is 15.7. The molecule has 7 heteroatoms. The molecule has 1 aliphatic carbocycles. The van der Waals surface area contributed by atoms with E-state index in [9.17, 15) is 4.79 Å². The van der Waals surface area contributed by atoms with Crippen LogP contribution in [0.3, 0.4) is 0 Å². The maximum absolute atomic E-state index is 13.2. The van der Waals surface area contributed by atoms with E-state index >= 15 is 0 Å². The quantitative estimate of drug-likeness (QED) is 0.641. The summed E-state index contributed by atoms with van der Waals surface area (Å²) in [5, 5.41) is 4.26. The van der Waals surface area contributed by atoms with E-state index in [0.717, 1.165) is 25.1 Å². The highest BCUT2D eigenvalue weighted by molar-refractivity contribution is 5.86. The fourth-order valence-electron chi connectivity index (χ4n) is 5.59. The van der Waals surface area contributed by atoms with Crippen LogP contribution in [0.5, 0.6) is 17.2 Å². The van der Waals surface area contributed by atoms with Crippen LogP contribution < -0.4 is 25.1 Å². The molecule has 2 heterocycles. The summed E-state index contributed by atoms with van der Waals surface area (Å²) in [5.74, 6) is 3.12. The molecule has 2 aromatic carbocycles. The Hall–Kier alpha value is -3.06. The fourth-order valence-corrected chi connectivity index (χ4v) is 5.59. The van der Waals surface area contributed by atoms with Crippen molar-refractivity contribution in [2.24, 2.45) is 5.92 Å². The average molecular weight is 436 g/mol. The van der Waals surface area contributed by atoms with Gasteiger partial charge in [-0.2, -0.15) is 0 Å². The zero-order chi connectivity index (χ0) is 22.2. The zero-order valence-corrected chi connectivity index (χ0v) is 18.8. The molecule has 1 aromatic heterocycles. The fraction of sp³-hybridized carbons (Fsp3) is 0.440. The Bertz CT molecular complexity index is 1210. The van der Waals surface area contributed by atoms with Crippen LogP contribution in [0.15, 0.2) is 41.5 Å². The van der Waals surface area contributed by atoms with Gasteiger partial charge in [-0.3, -0.25) is 9.36 Å². The number of fused-ring (bicyclic) bond motifs is 4.